The normalized spacial score (nSPS) is 12.5. The molecule has 2 heterocycles. The van der Waals surface area contributed by atoms with Gasteiger partial charge in [0.15, 0.2) is 0 Å². The van der Waals surface area contributed by atoms with Gasteiger partial charge in [0.05, 0.1) is 24.9 Å². The molecule has 3 aromatic rings. The lowest BCUT2D eigenvalue weighted by Crippen LogP contribution is -2.24. The zero-order chi connectivity index (χ0) is 17.1. The second-order valence-electron chi connectivity index (χ2n) is 6.12. The summed E-state index contributed by atoms with van der Waals surface area (Å²) >= 11 is 0. The summed E-state index contributed by atoms with van der Waals surface area (Å²) in [6.45, 7) is 1.20. The third-order valence-corrected chi connectivity index (χ3v) is 4.27. The van der Waals surface area contributed by atoms with Crippen molar-refractivity contribution in [3.63, 3.8) is 0 Å². The van der Waals surface area contributed by atoms with E-state index in [1.54, 1.807) is 6.20 Å². The van der Waals surface area contributed by atoms with Crippen LogP contribution in [0.3, 0.4) is 0 Å². The molecular formula is C20H19N3O2. The lowest BCUT2D eigenvalue weighted by Gasteiger charge is -2.05. The molecule has 0 saturated carbocycles. The summed E-state index contributed by atoms with van der Waals surface area (Å²) in [4.78, 5) is 12.2. The first-order valence-corrected chi connectivity index (χ1v) is 8.38. The van der Waals surface area contributed by atoms with Crippen molar-refractivity contribution >= 4 is 5.91 Å². The van der Waals surface area contributed by atoms with Gasteiger partial charge < -0.3 is 10.1 Å². The number of ether oxygens (including phenoxy) is 1. The Morgan fingerprint density at radius 3 is 2.92 bits per heavy atom. The molecule has 4 rings (SSSR count). The van der Waals surface area contributed by atoms with Crippen LogP contribution in [0.5, 0.6) is 5.75 Å². The van der Waals surface area contributed by atoms with Crippen LogP contribution in [0.2, 0.25) is 0 Å². The number of rotatable bonds is 5. The average molecular weight is 333 g/mol. The van der Waals surface area contributed by atoms with Crippen LogP contribution in [0.4, 0.5) is 0 Å². The molecule has 0 spiro atoms. The second kappa shape index (κ2) is 6.81. The molecule has 5 nitrogen and oxygen atoms in total. The van der Waals surface area contributed by atoms with Crippen LogP contribution < -0.4 is 10.1 Å². The molecule has 0 aliphatic carbocycles. The number of aromatic nitrogens is 2. The molecule has 1 amide bonds. The van der Waals surface area contributed by atoms with E-state index in [-0.39, 0.29) is 5.91 Å². The SMILES string of the molecule is O=C(Cc1ccc2c(c1)CCO2)NCc1cnn(-c2ccccc2)c1. The zero-order valence-corrected chi connectivity index (χ0v) is 13.8. The third-order valence-electron chi connectivity index (χ3n) is 4.27. The number of carbonyl (C=O) groups is 1. The Hall–Kier alpha value is -3.08. The first-order chi connectivity index (χ1) is 12.3. The van der Waals surface area contributed by atoms with Crippen molar-refractivity contribution in [1.82, 2.24) is 15.1 Å². The predicted molar refractivity (Wildman–Crippen MR) is 94.8 cm³/mol. The summed E-state index contributed by atoms with van der Waals surface area (Å²) in [5, 5.41) is 7.30. The van der Waals surface area contributed by atoms with Crippen LogP contribution >= 0.6 is 0 Å². The summed E-state index contributed by atoms with van der Waals surface area (Å²) < 4.78 is 7.30. The van der Waals surface area contributed by atoms with Gasteiger partial charge in [-0.25, -0.2) is 4.68 Å². The number of hydrogen-bond acceptors (Lipinski definition) is 3. The maximum Gasteiger partial charge on any atom is 0.224 e. The van der Waals surface area contributed by atoms with Gasteiger partial charge in [0, 0.05) is 24.7 Å². The highest BCUT2D eigenvalue weighted by Gasteiger charge is 2.13. The van der Waals surface area contributed by atoms with Crippen LogP contribution in [-0.4, -0.2) is 22.3 Å². The Morgan fingerprint density at radius 2 is 2.04 bits per heavy atom. The molecule has 126 valence electrons. The molecule has 0 saturated heterocycles. The van der Waals surface area contributed by atoms with E-state index in [1.165, 1.54) is 5.56 Å². The van der Waals surface area contributed by atoms with Crippen molar-refractivity contribution in [2.45, 2.75) is 19.4 Å². The fourth-order valence-electron chi connectivity index (χ4n) is 2.97. The smallest absolute Gasteiger partial charge is 0.224 e. The van der Waals surface area contributed by atoms with Crippen molar-refractivity contribution in [1.29, 1.82) is 0 Å². The van der Waals surface area contributed by atoms with Crippen LogP contribution in [0, 0.1) is 0 Å². The third kappa shape index (κ3) is 3.55. The number of benzene rings is 2. The van der Waals surface area contributed by atoms with E-state index in [0.717, 1.165) is 35.6 Å². The number of amides is 1. The van der Waals surface area contributed by atoms with E-state index in [4.69, 9.17) is 4.74 Å². The quantitative estimate of drug-likeness (QED) is 0.781. The van der Waals surface area contributed by atoms with Gasteiger partial charge in [0.25, 0.3) is 0 Å². The monoisotopic (exact) mass is 333 g/mol. The summed E-state index contributed by atoms with van der Waals surface area (Å²) in [6, 6.07) is 15.9. The first-order valence-electron chi connectivity index (χ1n) is 8.38. The lowest BCUT2D eigenvalue weighted by atomic mass is 10.1. The zero-order valence-electron chi connectivity index (χ0n) is 13.8. The van der Waals surface area contributed by atoms with Gasteiger partial charge in [0.2, 0.25) is 5.91 Å². The molecule has 1 aromatic heterocycles. The van der Waals surface area contributed by atoms with Gasteiger partial charge in [-0.15, -0.1) is 0 Å². The molecule has 0 radical (unpaired) electrons. The minimum absolute atomic E-state index is 0.00586. The molecule has 0 unspecified atom stereocenters. The molecule has 1 aliphatic heterocycles. The van der Waals surface area contributed by atoms with Crippen molar-refractivity contribution < 1.29 is 9.53 Å². The van der Waals surface area contributed by atoms with E-state index < -0.39 is 0 Å². The van der Waals surface area contributed by atoms with Gasteiger partial charge in [0.1, 0.15) is 5.75 Å². The minimum Gasteiger partial charge on any atom is -0.493 e. The number of fused-ring (bicyclic) bond motifs is 1. The molecular weight excluding hydrogens is 314 g/mol. The average Bonchev–Trinajstić information content (AvgIpc) is 3.30. The van der Waals surface area contributed by atoms with E-state index in [9.17, 15) is 4.79 Å². The summed E-state index contributed by atoms with van der Waals surface area (Å²) in [5.41, 5.74) is 4.18. The molecule has 1 aliphatic rings. The molecule has 0 bridgehead atoms. The van der Waals surface area contributed by atoms with Crippen LogP contribution in [0.25, 0.3) is 5.69 Å². The van der Waals surface area contributed by atoms with Crippen LogP contribution in [0.1, 0.15) is 16.7 Å². The van der Waals surface area contributed by atoms with E-state index in [2.05, 4.69) is 16.5 Å². The number of para-hydroxylation sites is 1. The molecule has 25 heavy (non-hydrogen) atoms. The summed E-state index contributed by atoms with van der Waals surface area (Å²) in [7, 11) is 0. The molecule has 0 fully saturated rings. The fraction of sp³-hybridized carbons (Fsp3) is 0.200. The lowest BCUT2D eigenvalue weighted by molar-refractivity contribution is -0.120. The van der Waals surface area contributed by atoms with Crippen molar-refractivity contribution in [2.75, 3.05) is 6.61 Å². The van der Waals surface area contributed by atoms with Crippen LogP contribution in [0.15, 0.2) is 60.9 Å². The standard InChI is InChI=1S/C20H19N3O2/c24-20(11-15-6-7-19-17(10-15)8-9-25-19)21-12-16-13-22-23(14-16)18-4-2-1-3-5-18/h1-7,10,13-14H,8-9,11-12H2,(H,21,24). The van der Waals surface area contributed by atoms with E-state index in [1.807, 2.05) is 53.3 Å². The Balaban J connectivity index is 1.34. The maximum absolute atomic E-state index is 12.2. The number of carbonyl (C=O) groups excluding carboxylic acids is 1. The topological polar surface area (TPSA) is 56.1 Å². The molecule has 2 aromatic carbocycles. The predicted octanol–water partition coefficient (Wildman–Crippen LogP) is 2.67. The number of hydrogen-bond donors (Lipinski definition) is 1. The Morgan fingerprint density at radius 1 is 1.16 bits per heavy atom. The van der Waals surface area contributed by atoms with Crippen LogP contribution in [-0.2, 0) is 24.2 Å². The largest absolute Gasteiger partial charge is 0.493 e. The Labute approximate surface area is 146 Å². The maximum atomic E-state index is 12.2. The van der Waals surface area contributed by atoms with E-state index >= 15 is 0 Å². The summed E-state index contributed by atoms with van der Waals surface area (Å²) in [5.74, 6) is 0.948. The Kier molecular flexibility index (Phi) is 4.21. The van der Waals surface area contributed by atoms with Gasteiger partial charge in [-0.05, 0) is 29.3 Å². The number of nitrogens with one attached hydrogen (secondary N) is 1. The highest BCUT2D eigenvalue weighted by molar-refractivity contribution is 5.78. The van der Waals surface area contributed by atoms with Crippen molar-refractivity contribution in [3.8, 4) is 11.4 Å². The van der Waals surface area contributed by atoms with Gasteiger partial charge >= 0.3 is 0 Å². The Bertz CT molecular complexity index is 887. The first kappa shape index (κ1) is 15.4. The van der Waals surface area contributed by atoms with Gasteiger partial charge in [-0.1, -0.05) is 30.3 Å². The van der Waals surface area contributed by atoms with Gasteiger partial charge in [-0.3, -0.25) is 4.79 Å². The number of nitrogens with zero attached hydrogens (tertiary/aromatic N) is 2. The van der Waals surface area contributed by atoms with Gasteiger partial charge in [-0.2, -0.15) is 5.10 Å². The highest BCUT2D eigenvalue weighted by atomic mass is 16.5. The highest BCUT2D eigenvalue weighted by Crippen LogP contribution is 2.25. The van der Waals surface area contributed by atoms with E-state index in [0.29, 0.717) is 13.0 Å². The van der Waals surface area contributed by atoms with Crippen molar-refractivity contribution in [3.05, 3.63) is 77.6 Å². The molecule has 0 atom stereocenters. The molecule has 1 N–H and O–H groups in total. The summed E-state index contributed by atoms with van der Waals surface area (Å²) in [6.07, 6.45) is 5.01. The van der Waals surface area contributed by atoms with Crippen molar-refractivity contribution in [2.24, 2.45) is 0 Å². The second-order valence-corrected chi connectivity index (χ2v) is 6.12. The molecule has 5 heteroatoms. The minimum atomic E-state index is 0.00586. The fourth-order valence-corrected chi connectivity index (χ4v) is 2.97.